The highest BCUT2D eigenvalue weighted by atomic mass is 16.3. The standard InChI is InChI=1S/C13H18N2O2/c1-8-6-10(16)4-5-11(8)13(17)15-7-12(14)9-2-3-9/h4-6,9,12,16H,2-3,7,14H2,1H3,(H,15,17). The minimum absolute atomic E-state index is 0.0661. The van der Waals surface area contributed by atoms with Crippen molar-refractivity contribution in [1.82, 2.24) is 5.32 Å². The lowest BCUT2D eigenvalue weighted by Gasteiger charge is -2.12. The van der Waals surface area contributed by atoms with Gasteiger partial charge in [0.15, 0.2) is 0 Å². The van der Waals surface area contributed by atoms with Crippen molar-refractivity contribution < 1.29 is 9.90 Å². The molecular weight excluding hydrogens is 216 g/mol. The van der Waals surface area contributed by atoms with Gasteiger partial charge in [-0.25, -0.2) is 0 Å². The molecule has 0 aromatic heterocycles. The van der Waals surface area contributed by atoms with Crippen LogP contribution in [-0.2, 0) is 0 Å². The third-order valence-corrected chi connectivity index (χ3v) is 3.18. The first-order valence-corrected chi connectivity index (χ1v) is 5.91. The minimum atomic E-state index is -0.126. The Labute approximate surface area is 101 Å². The molecule has 4 heteroatoms. The quantitative estimate of drug-likeness (QED) is 0.732. The van der Waals surface area contributed by atoms with Crippen LogP contribution in [-0.4, -0.2) is 23.6 Å². The number of phenolic OH excluding ortho intramolecular Hbond substituents is 1. The van der Waals surface area contributed by atoms with Gasteiger partial charge in [0, 0.05) is 18.2 Å². The number of hydrogen-bond acceptors (Lipinski definition) is 3. The molecule has 92 valence electrons. The molecule has 1 aromatic rings. The highest BCUT2D eigenvalue weighted by molar-refractivity contribution is 5.95. The zero-order chi connectivity index (χ0) is 12.4. The lowest BCUT2D eigenvalue weighted by molar-refractivity contribution is 0.0949. The second-order valence-corrected chi connectivity index (χ2v) is 4.71. The Morgan fingerprint density at radius 3 is 2.88 bits per heavy atom. The molecule has 1 atom stereocenters. The highest BCUT2D eigenvalue weighted by Crippen LogP contribution is 2.31. The molecule has 0 heterocycles. The van der Waals surface area contributed by atoms with Crippen LogP contribution in [0.2, 0.25) is 0 Å². The molecule has 1 aliphatic rings. The molecule has 0 aliphatic heterocycles. The zero-order valence-corrected chi connectivity index (χ0v) is 9.94. The Morgan fingerprint density at radius 1 is 1.59 bits per heavy atom. The summed E-state index contributed by atoms with van der Waals surface area (Å²) in [6, 6.07) is 4.79. The van der Waals surface area contributed by atoms with E-state index in [0.717, 1.165) is 5.56 Å². The van der Waals surface area contributed by atoms with E-state index in [0.29, 0.717) is 18.0 Å². The molecular formula is C13H18N2O2. The van der Waals surface area contributed by atoms with Crippen molar-refractivity contribution in [3.63, 3.8) is 0 Å². The molecule has 1 amide bonds. The summed E-state index contributed by atoms with van der Waals surface area (Å²) in [5, 5.41) is 12.1. The third-order valence-electron chi connectivity index (χ3n) is 3.18. The number of carbonyl (C=O) groups is 1. The van der Waals surface area contributed by atoms with E-state index in [9.17, 15) is 9.90 Å². The number of aromatic hydroxyl groups is 1. The van der Waals surface area contributed by atoms with E-state index < -0.39 is 0 Å². The van der Waals surface area contributed by atoms with Crippen molar-refractivity contribution in [1.29, 1.82) is 0 Å². The summed E-state index contributed by atoms with van der Waals surface area (Å²) < 4.78 is 0. The maximum Gasteiger partial charge on any atom is 0.251 e. The lowest BCUT2D eigenvalue weighted by Crippen LogP contribution is -2.38. The maximum absolute atomic E-state index is 11.9. The van der Waals surface area contributed by atoms with E-state index in [1.165, 1.54) is 18.9 Å². The van der Waals surface area contributed by atoms with Crippen LogP contribution in [0.4, 0.5) is 0 Å². The van der Waals surface area contributed by atoms with Gasteiger partial charge in [0.2, 0.25) is 0 Å². The van der Waals surface area contributed by atoms with Gasteiger partial charge in [0.05, 0.1) is 0 Å². The fraction of sp³-hybridized carbons (Fsp3) is 0.462. The Kier molecular flexibility index (Phi) is 3.33. The Hall–Kier alpha value is -1.55. The number of amides is 1. The summed E-state index contributed by atoms with van der Waals surface area (Å²) in [5.41, 5.74) is 7.27. The van der Waals surface area contributed by atoms with Crippen molar-refractivity contribution in [3.8, 4) is 5.75 Å². The second-order valence-electron chi connectivity index (χ2n) is 4.71. The number of phenols is 1. The van der Waals surface area contributed by atoms with E-state index in [1.807, 2.05) is 0 Å². The van der Waals surface area contributed by atoms with E-state index in [2.05, 4.69) is 5.32 Å². The number of nitrogens with one attached hydrogen (secondary N) is 1. The van der Waals surface area contributed by atoms with Gasteiger partial charge in [-0.05, 0) is 49.4 Å². The van der Waals surface area contributed by atoms with Gasteiger partial charge < -0.3 is 16.2 Å². The molecule has 1 fully saturated rings. The minimum Gasteiger partial charge on any atom is -0.508 e. The average Bonchev–Trinajstić information content (AvgIpc) is 3.09. The van der Waals surface area contributed by atoms with Crippen LogP contribution in [0, 0.1) is 12.8 Å². The number of aryl methyl sites for hydroxylation is 1. The molecule has 2 rings (SSSR count). The molecule has 1 aromatic carbocycles. The predicted octanol–water partition coefficient (Wildman–Crippen LogP) is 1.17. The van der Waals surface area contributed by atoms with Crippen molar-refractivity contribution in [2.45, 2.75) is 25.8 Å². The van der Waals surface area contributed by atoms with Crippen molar-refractivity contribution in [2.75, 3.05) is 6.54 Å². The second kappa shape index (κ2) is 4.75. The van der Waals surface area contributed by atoms with E-state index in [4.69, 9.17) is 5.73 Å². The Morgan fingerprint density at radius 2 is 2.29 bits per heavy atom. The Bertz CT molecular complexity index is 427. The van der Waals surface area contributed by atoms with Gasteiger partial charge in [-0.15, -0.1) is 0 Å². The molecule has 1 saturated carbocycles. The van der Waals surface area contributed by atoms with E-state index >= 15 is 0 Å². The normalized spacial score (nSPS) is 16.6. The molecule has 0 spiro atoms. The van der Waals surface area contributed by atoms with Gasteiger partial charge in [-0.1, -0.05) is 0 Å². The summed E-state index contributed by atoms with van der Waals surface area (Å²) in [4.78, 5) is 11.9. The first kappa shape index (κ1) is 11.9. The molecule has 17 heavy (non-hydrogen) atoms. The number of carbonyl (C=O) groups excluding carboxylic acids is 1. The summed E-state index contributed by atoms with van der Waals surface area (Å²) >= 11 is 0. The monoisotopic (exact) mass is 234 g/mol. The third kappa shape index (κ3) is 2.97. The molecule has 0 bridgehead atoms. The fourth-order valence-electron chi connectivity index (χ4n) is 1.90. The lowest BCUT2D eigenvalue weighted by atomic mass is 10.1. The summed E-state index contributed by atoms with van der Waals surface area (Å²) in [6.07, 6.45) is 2.35. The topological polar surface area (TPSA) is 75.3 Å². The molecule has 1 unspecified atom stereocenters. The largest absolute Gasteiger partial charge is 0.508 e. The summed E-state index contributed by atoms with van der Waals surface area (Å²) in [5.74, 6) is 0.628. The van der Waals surface area contributed by atoms with Gasteiger partial charge in [0.25, 0.3) is 5.91 Å². The molecule has 0 saturated heterocycles. The maximum atomic E-state index is 11.9. The molecule has 4 N–H and O–H groups in total. The van der Waals surface area contributed by atoms with Crippen LogP contribution in [0.15, 0.2) is 18.2 Å². The van der Waals surface area contributed by atoms with Gasteiger partial charge in [0.1, 0.15) is 5.75 Å². The van der Waals surface area contributed by atoms with Crippen LogP contribution in [0.25, 0.3) is 0 Å². The molecule has 0 radical (unpaired) electrons. The van der Waals surface area contributed by atoms with Gasteiger partial charge >= 0.3 is 0 Å². The van der Waals surface area contributed by atoms with Crippen molar-refractivity contribution in [3.05, 3.63) is 29.3 Å². The summed E-state index contributed by atoms with van der Waals surface area (Å²) in [7, 11) is 0. The molecule has 4 nitrogen and oxygen atoms in total. The number of hydrogen-bond donors (Lipinski definition) is 3. The first-order valence-electron chi connectivity index (χ1n) is 5.91. The van der Waals surface area contributed by atoms with Crippen molar-refractivity contribution >= 4 is 5.91 Å². The van der Waals surface area contributed by atoms with Crippen molar-refractivity contribution in [2.24, 2.45) is 11.7 Å². The molecule has 1 aliphatic carbocycles. The predicted molar refractivity (Wildman–Crippen MR) is 65.9 cm³/mol. The SMILES string of the molecule is Cc1cc(O)ccc1C(=O)NCC(N)C1CC1. The smallest absolute Gasteiger partial charge is 0.251 e. The van der Waals surface area contributed by atoms with Gasteiger partial charge in [-0.3, -0.25) is 4.79 Å². The number of benzene rings is 1. The van der Waals surface area contributed by atoms with E-state index in [-0.39, 0.29) is 17.7 Å². The first-order chi connectivity index (χ1) is 8.08. The number of nitrogens with two attached hydrogens (primary N) is 1. The zero-order valence-electron chi connectivity index (χ0n) is 9.94. The fourth-order valence-corrected chi connectivity index (χ4v) is 1.90. The van der Waals surface area contributed by atoms with Crippen LogP contribution >= 0.6 is 0 Å². The Balaban J connectivity index is 1.94. The van der Waals surface area contributed by atoms with Crippen LogP contribution in [0.5, 0.6) is 5.75 Å². The van der Waals surface area contributed by atoms with Crippen LogP contribution in [0.3, 0.4) is 0 Å². The number of rotatable bonds is 4. The average molecular weight is 234 g/mol. The summed E-state index contributed by atoms with van der Waals surface area (Å²) in [6.45, 7) is 2.32. The van der Waals surface area contributed by atoms with Crippen LogP contribution in [0.1, 0.15) is 28.8 Å². The highest BCUT2D eigenvalue weighted by Gasteiger charge is 2.28. The van der Waals surface area contributed by atoms with Crippen LogP contribution < -0.4 is 11.1 Å². The van der Waals surface area contributed by atoms with E-state index in [1.54, 1.807) is 19.1 Å². The van der Waals surface area contributed by atoms with Gasteiger partial charge in [-0.2, -0.15) is 0 Å².